The van der Waals surface area contributed by atoms with Crippen LogP contribution in [0.25, 0.3) is 10.9 Å². The van der Waals surface area contributed by atoms with Gasteiger partial charge < -0.3 is 10.6 Å². The lowest BCUT2D eigenvalue weighted by atomic mass is 10.1. The SMILES string of the molecule is N[C@@H]1CCCN(c2snc3ccccc23)C1. The summed E-state index contributed by atoms with van der Waals surface area (Å²) in [6.07, 6.45) is 2.33. The van der Waals surface area contributed by atoms with Crippen LogP contribution in [0.2, 0.25) is 0 Å². The lowest BCUT2D eigenvalue weighted by Crippen LogP contribution is -2.42. The van der Waals surface area contributed by atoms with Gasteiger partial charge in [0.25, 0.3) is 0 Å². The van der Waals surface area contributed by atoms with Crippen molar-refractivity contribution in [2.24, 2.45) is 5.73 Å². The summed E-state index contributed by atoms with van der Waals surface area (Å²) in [4.78, 5) is 2.38. The number of piperidine rings is 1. The maximum Gasteiger partial charge on any atom is 0.120 e. The zero-order valence-corrected chi connectivity index (χ0v) is 9.91. The van der Waals surface area contributed by atoms with Gasteiger partial charge in [-0.3, -0.25) is 0 Å². The van der Waals surface area contributed by atoms with Gasteiger partial charge >= 0.3 is 0 Å². The second kappa shape index (κ2) is 4.03. The summed E-state index contributed by atoms with van der Waals surface area (Å²) in [5, 5.41) is 2.55. The van der Waals surface area contributed by atoms with Crippen molar-refractivity contribution < 1.29 is 0 Å². The zero-order valence-electron chi connectivity index (χ0n) is 9.10. The molecule has 1 aliphatic heterocycles. The van der Waals surface area contributed by atoms with Gasteiger partial charge in [0.15, 0.2) is 0 Å². The van der Waals surface area contributed by atoms with Crippen molar-refractivity contribution in [1.82, 2.24) is 4.37 Å². The van der Waals surface area contributed by atoms with Crippen molar-refractivity contribution in [1.29, 1.82) is 0 Å². The summed E-state index contributed by atoms with van der Waals surface area (Å²) in [5.74, 6) is 0. The maximum atomic E-state index is 6.02. The van der Waals surface area contributed by atoms with E-state index in [1.807, 2.05) is 6.07 Å². The summed E-state index contributed by atoms with van der Waals surface area (Å²) in [7, 11) is 0. The van der Waals surface area contributed by atoms with Crippen molar-refractivity contribution in [3.63, 3.8) is 0 Å². The van der Waals surface area contributed by atoms with Crippen LogP contribution in [-0.2, 0) is 0 Å². The predicted octanol–water partition coefficient (Wildman–Crippen LogP) is 2.22. The summed E-state index contributed by atoms with van der Waals surface area (Å²) in [5.41, 5.74) is 7.12. The standard InChI is InChI=1S/C12H15N3S/c13-9-4-3-7-15(8-9)12-10-5-1-2-6-11(10)14-16-12/h1-2,5-6,9H,3-4,7-8,13H2/t9-/m1/s1. The molecule has 0 aliphatic carbocycles. The first kappa shape index (κ1) is 10.1. The molecule has 84 valence electrons. The highest BCUT2D eigenvalue weighted by molar-refractivity contribution is 7.11. The van der Waals surface area contributed by atoms with Crippen LogP contribution in [0.15, 0.2) is 24.3 Å². The highest BCUT2D eigenvalue weighted by atomic mass is 32.1. The molecule has 0 spiro atoms. The van der Waals surface area contributed by atoms with Crippen LogP contribution in [0.4, 0.5) is 5.00 Å². The topological polar surface area (TPSA) is 42.1 Å². The molecule has 16 heavy (non-hydrogen) atoms. The first-order chi connectivity index (χ1) is 7.84. The molecule has 3 rings (SSSR count). The van der Waals surface area contributed by atoms with Crippen LogP contribution in [0.1, 0.15) is 12.8 Å². The molecule has 3 nitrogen and oxygen atoms in total. The van der Waals surface area contributed by atoms with Crippen molar-refractivity contribution in [2.45, 2.75) is 18.9 Å². The van der Waals surface area contributed by atoms with Crippen LogP contribution in [0.3, 0.4) is 0 Å². The average molecular weight is 233 g/mol. The van der Waals surface area contributed by atoms with Crippen LogP contribution < -0.4 is 10.6 Å². The van der Waals surface area contributed by atoms with E-state index in [4.69, 9.17) is 5.73 Å². The van der Waals surface area contributed by atoms with Gasteiger partial charge in [0.2, 0.25) is 0 Å². The molecule has 4 heteroatoms. The summed E-state index contributed by atoms with van der Waals surface area (Å²) >= 11 is 1.59. The third-order valence-electron chi connectivity index (χ3n) is 3.11. The van der Waals surface area contributed by atoms with Gasteiger partial charge in [-0.1, -0.05) is 12.1 Å². The fourth-order valence-corrected chi connectivity index (χ4v) is 3.19. The van der Waals surface area contributed by atoms with E-state index in [0.717, 1.165) is 25.0 Å². The zero-order chi connectivity index (χ0) is 11.0. The minimum absolute atomic E-state index is 0.314. The van der Waals surface area contributed by atoms with E-state index in [0.29, 0.717) is 6.04 Å². The van der Waals surface area contributed by atoms with Gasteiger partial charge in [0.05, 0.1) is 5.52 Å². The second-order valence-electron chi connectivity index (χ2n) is 4.35. The van der Waals surface area contributed by atoms with Gasteiger partial charge in [-0.2, -0.15) is 4.37 Å². The number of hydrogen-bond donors (Lipinski definition) is 1. The van der Waals surface area contributed by atoms with Crippen LogP contribution in [-0.4, -0.2) is 23.5 Å². The van der Waals surface area contributed by atoms with E-state index < -0.39 is 0 Å². The smallest absolute Gasteiger partial charge is 0.120 e. The van der Waals surface area contributed by atoms with E-state index in [9.17, 15) is 0 Å². The lowest BCUT2D eigenvalue weighted by Gasteiger charge is -2.31. The van der Waals surface area contributed by atoms with Gasteiger partial charge in [-0.05, 0) is 36.5 Å². The average Bonchev–Trinajstić information content (AvgIpc) is 2.72. The third-order valence-corrected chi connectivity index (χ3v) is 4.05. The largest absolute Gasteiger partial charge is 0.360 e. The Morgan fingerprint density at radius 1 is 1.38 bits per heavy atom. The quantitative estimate of drug-likeness (QED) is 0.821. The molecule has 1 saturated heterocycles. The first-order valence-electron chi connectivity index (χ1n) is 5.69. The molecule has 0 saturated carbocycles. The fraction of sp³-hybridized carbons (Fsp3) is 0.417. The number of benzene rings is 1. The summed E-state index contributed by atoms with van der Waals surface area (Å²) in [6, 6.07) is 8.64. The molecular formula is C12H15N3S. The van der Waals surface area contributed by atoms with Crippen LogP contribution in [0, 0.1) is 0 Å². The molecule has 2 aromatic rings. The number of rotatable bonds is 1. The fourth-order valence-electron chi connectivity index (χ4n) is 2.30. The minimum Gasteiger partial charge on any atom is -0.360 e. The van der Waals surface area contributed by atoms with Gasteiger partial charge in [0, 0.05) is 24.5 Å². The normalized spacial score (nSPS) is 21.6. The van der Waals surface area contributed by atoms with Gasteiger partial charge in [-0.25, -0.2) is 0 Å². The van der Waals surface area contributed by atoms with Crippen LogP contribution in [0.5, 0.6) is 0 Å². The van der Waals surface area contributed by atoms with E-state index in [1.54, 1.807) is 11.5 Å². The van der Waals surface area contributed by atoms with Crippen molar-refractivity contribution in [2.75, 3.05) is 18.0 Å². The Balaban J connectivity index is 1.99. The van der Waals surface area contributed by atoms with Crippen LogP contribution >= 0.6 is 11.5 Å². The Labute approximate surface area is 99.0 Å². The van der Waals surface area contributed by atoms with E-state index in [1.165, 1.54) is 16.8 Å². The molecule has 2 N–H and O–H groups in total. The molecule has 2 heterocycles. The van der Waals surface area contributed by atoms with E-state index >= 15 is 0 Å². The Kier molecular flexibility index (Phi) is 2.53. The van der Waals surface area contributed by atoms with Crippen molar-refractivity contribution in [3.8, 4) is 0 Å². The lowest BCUT2D eigenvalue weighted by molar-refractivity contribution is 0.509. The Hall–Kier alpha value is -1.13. The maximum absolute atomic E-state index is 6.02. The number of anilines is 1. The number of hydrogen-bond acceptors (Lipinski definition) is 4. The molecule has 0 radical (unpaired) electrons. The molecule has 1 fully saturated rings. The molecule has 0 bridgehead atoms. The summed E-state index contributed by atoms with van der Waals surface area (Å²) < 4.78 is 4.48. The minimum atomic E-state index is 0.314. The van der Waals surface area contributed by atoms with E-state index in [2.05, 4.69) is 27.5 Å². The van der Waals surface area contributed by atoms with Crippen molar-refractivity contribution >= 4 is 27.4 Å². The molecule has 1 atom stereocenters. The van der Waals surface area contributed by atoms with E-state index in [-0.39, 0.29) is 0 Å². The monoisotopic (exact) mass is 233 g/mol. The first-order valence-corrected chi connectivity index (χ1v) is 6.47. The second-order valence-corrected chi connectivity index (χ2v) is 5.11. The Bertz CT molecular complexity index is 494. The Morgan fingerprint density at radius 3 is 3.12 bits per heavy atom. The highest BCUT2D eigenvalue weighted by Gasteiger charge is 2.20. The number of fused-ring (bicyclic) bond motifs is 1. The highest BCUT2D eigenvalue weighted by Crippen LogP contribution is 2.32. The number of aromatic nitrogens is 1. The third kappa shape index (κ3) is 1.68. The Morgan fingerprint density at radius 2 is 2.25 bits per heavy atom. The summed E-state index contributed by atoms with van der Waals surface area (Å²) in [6.45, 7) is 2.08. The molecule has 1 aromatic carbocycles. The van der Waals surface area contributed by atoms with Gasteiger partial charge in [-0.15, -0.1) is 0 Å². The number of nitrogens with zero attached hydrogens (tertiary/aromatic N) is 2. The molecule has 1 aliphatic rings. The molecule has 0 unspecified atom stereocenters. The molecular weight excluding hydrogens is 218 g/mol. The molecule has 1 aromatic heterocycles. The van der Waals surface area contributed by atoms with Gasteiger partial charge in [0.1, 0.15) is 5.00 Å². The number of nitrogens with two attached hydrogens (primary N) is 1. The van der Waals surface area contributed by atoms with Crippen molar-refractivity contribution in [3.05, 3.63) is 24.3 Å². The molecule has 0 amide bonds. The predicted molar refractivity (Wildman–Crippen MR) is 69.0 cm³/mol.